The minimum atomic E-state index is -0.782. The Morgan fingerprint density at radius 3 is 2.66 bits per heavy atom. The molecule has 0 aromatic heterocycles. The number of primary amides is 1. The molecule has 2 heterocycles. The van der Waals surface area contributed by atoms with Crippen molar-refractivity contribution in [1.82, 2.24) is 4.90 Å². The molecule has 2 aliphatic rings. The normalized spacial score (nSPS) is 24.0. The van der Waals surface area contributed by atoms with E-state index < -0.39 is 5.41 Å². The van der Waals surface area contributed by atoms with Gasteiger partial charge >= 0.3 is 0 Å². The van der Waals surface area contributed by atoms with Crippen LogP contribution in [0.1, 0.15) is 24.8 Å². The number of halogens is 1. The van der Waals surface area contributed by atoms with E-state index in [1.807, 2.05) is 24.3 Å². The van der Waals surface area contributed by atoms with Gasteiger partial charge in [-0.3, -0.25) is 9.59 Å². The fourth-order valence-electron chi connectivity index (χ4n) is 4.36. The second-order valence-electron chi connectivity index (χ2n) is 8.04. The van der Waals surface area contributed by atoms with E-state index in [2.05, 4.69) is 0 Å². The Labute approximate surface area is 169 Å². The number of nitrogens with zero attached hydrogens (tertiary/aromatic N) is 1. The van der Waals surface area contributed by atoms with E-state index in [9.17, 15) is 14.0 Å². The maximum atomic E-state index is 13.2. The molecule has 0 aliphatic carbocycles. The van der Waals surface area contributed by atoms with E-state index in [1.54, 1.807) is 17.0 Å². The molecule has 2 N–H and O–H groups in total. The number of likely N-dealkylation sites (tertiary alicyclic amines) is 1. The molecule has 0 spiro atoms. The van der Waals surface area contributed by atoms with E-state index in [0.717, 1.165) is 29.5 Å². The summed E-state index contributed by atoms with van der Waals surface area (Å²) in [5.41, 5.74) is 7.86. The molecule has 2 fully saturated rings. The smallest absolute Gasteiger partial charge is 0.251 e. The average Bonchev–Trinajstić information content (AvgIpc) is 3.39. The van der Waals surface area contributed by atoms with Gasteiger partial charge in [0.25, 0.3) is 5.91 Å². The first-order valence-corrected chi connectivity index (χ1v) is 10.0. The molecule has 29 heavy (non-hydrogen) atoms. The summed E-state index contributed by atoms with van der Waals surface area (Å²) in [6, 6.07) is 14.2. The van der Waals surface area contributed by atoms with Gasteiger partial charge in [0.15, 0.2) is 0 Å². The van der Waals surface area contributed by atoms with Crippen LogP contribution >= 0.6 is 0 Å². The van der Waals surface area contributed by atoms with Gasteiger partial charge < -0.3 is 15.4 Å². The molecule has 0 unspecified atom stereocenters. The van der Waals surface area contributed by atoms with E-state index >= 15 is 0 Å². The first-order valence-electron chi connectivity index (χ1n) is 10.0. The van der Waals surface area contributed by atoms with Gasteiger partial charge in [0, 0.05) is 19.7 Å². The lowest BCUT2D eigenvalue weighted by molar-refractivity contribution is -0.140. The number of hydrogen-bond acceptors (Lipinski definition) is 3. The second kappa shape index (κ2) is 7.95. The SMILES string of the molecule is NC(=O)[C@@]1(Cc2cccc(-c3ccc(F)cc3)c2)CCN(C(=O)[C@@H]2CCCO2)C1. The number of hydrogen-bond donors (Lipinski definition) is 1. The fraction of sp³-hybridized carbons (Fsp3) is 0.391. The highest BCUT2D eigenvalue weighted by Gasteiger charge is 2.46. The number of amides is 2. The highest BCUT2D eigenvalue weighted by molar-refractivity contribution is 5.86. The molecule has 152 valence electrons. The third-order valence-electron chi connectivity index (χ3n) is 6.04. The number of benzene rings is 2. The van der Waals surface area contributed by atoms with Gasteiger partial charge in [0.1, 0.15) is 11.9 Å². The fourth-order valence-corrected chi connectivity index (χ4v) is 4.36. The summed E-state index contributed by atoms with van der Waals surface area (Å²) in [6.45, 7) is 1.45. The predicted molar refractivity (Wildman–Crippen MR) is 107 cm³/mol. The molecule has 5 nitrogen and oxygen atoms in total. The van der Waals surface area contributed by atoms with Crippen LogP contribution in [0, 0.1) is 11.2 Å². The summed E-state index contributed by atoms with van der Waals surface area (Å²) in [7, 11) is 0. The first-order chi connectivity index (χ1) is 14.0. The summed E-state index contributed by atoms with van der Waals surface area (Å²) in [6.07, 6.45) is 2.24. The Morgan fingerprint density at radius 2 is 1.97 bits per heavy atom. The molecular formula is C23H25FN2O3. The number of carbonyl (C=O) groups excluding carboxylic acids is 2. The highest BCUT2D eigenvalue weighted by Crippen LogP contribution is 2.36. The third-order valence-corrected chi connectivity index (χ3v) is 6.04. The van der Waals surface area contributed by atoms with Crippen molar-refractivity contribution in [3.8, 4) is 11.1 Å². The zero-order valence-corrected chi connectivity index (χ0v) is 16.3. The van der Waals surface area contributed by atoms with Crippen molar-refractivity contribution in [2.24, 2.45) is 11.1 Å². The molecule has 2 amide bonds. The molecule has 2 aromatic carbocycles. The second-order valence-corrected chi connectivity index (χ2v) is 8.04. The maximum absolute atomic E-state index is 13.2. The van der Waals surface area contributed by atoms with E-state index in [4.69, 9.17) is 10.5 Å². The van der Waals surface area contributed by atoms with Crippen molar-refractivity contribution >= 4 is 11.8 Å². The quantitative estimate of drug-likeness (QED) is 0.845. The van der Waals surface area contributed by atoms with Crippen LogP contribution in [-0.2, 0) is 20.7 Å². The maximum Gasteiger partial charge on any atom is 0.251 e. The Hall–Kier alpha value is -2.73. The van der Waals surface area contributed by atoms with Gasteiger partial charge in [-0.1, -0.05) is 36.4 Å². The minimum absolute atomic E-state index is 0.0364. The van der Waals surface area contributed by atoms with Crippen molar-refractivity contribution in [3.05, 3.63) is 59.9 Å². The van der Waals surface area contributed by atoms with Crippen LogP contribution in [0.5, 0.6) is 0 Å². The Kier molecular flexibility index (Phi) is 5.37. The van der Waals surface area contributed by atoms with Gasteiger partial charge in [-0.15, -0.1) is 0 Å². The molecule has 2 aliphatic heterocycles. The van der Waals surface area contributed by atoms with Gasteiger partial charge in [-0.2, -0.15) is 0 Å². The highest BCUT2D eigenvalue weighted by atomic mass is 19.1. The van der Waals surface area contributed by atoms with Gasteiger partial charge in [-0.25, -0.2) is 4.39 Å². The summed E-state index contributed by atoms with van der Waals surface area (Å²) in [5, 5.41) is 0. The van der Waals surface area contributed by atoms with Crippen LogP contribution in [0.25, 0.3) is 11.1 Å². The lowest BCUT2D eigenvalue weighted by atomic mass is 9.79. The van der Waals surface area contributed by atoms with Crippen LogP contribution in [0.15, 0.2) is 48.5 Å². The molecule has 6 heteroatoms. The van der Waals surface area contributed by atoms with Crippen LogP contribution in [0.4, 0.5) is 4.39 Å². The van der Waals surface area contributed by atoms with E-state index in [1.165, 1.54) is 12.1 Å². The van der Waals surface area contributed by atoms with Gasteiger partial charge in [0.05, 0.1) is 5.41 Å². The number of nitrogens with two attached hydrogens (primary N) is 1. The topological polar surface area (TPSA) is 72.6 Å². The third kappa shape index (κ3) is 4.03. The van der Waals surface area contributed by atoms with Crippen molar-refractivity contribution in [3.63, 3.8) is 0 Å². The molecule has 2 aromatic rings. The molecule has 2 saturated heterocycles. The summed E-state index contributed by atoms with van der Waals surface area (Å²) in [4.78, 5) is 26.8. The predicted octanol–water partition coefficient (Wildman–Crippen LogP) is 2.92. The molecular weight excluding hydrogens is 371 g/mol. The lowest BCUT2D eigenvalue weighted by Gasteiger charge is -2.27. The molecule has 0 radical (unpaired) electrons. The van der Waals surface area contributed by atoms with Crippen LogP contribution in [0.3, 0.4) is 0 Å². The van der Waals surface area contributed by atoms with Crippen LogP contribution in [-0.4, -0.2) is 42.5 Å². The average molecular weight is 396 g/mol. The number of ether oxygens (including phenoxy) is 1. The van der Waals surface area contributed by atoms with E-state index in [-0.39, 0.29) is 23.7 Å². The summed E-state index contributed by atoms with van der Waals surface area (Å²) < 4.78 is 18.7. The van der Waals surface area contributed by atoms with Gasteiger partial charge in [0.2, 0.25) is 5.91 Å². The molecule has 2 atom stereocenters. The summed E-state index contributed by atoms with van der Waals surface area (Å²) >= 11 is 0. The van der Waals surface area contributed by atoms with Crippen molar-refractivity contribution in [2.45, 2.75) is 31.8 Å². The van der Waals surface area contributed by atoms with Gasteiger partial charge in [-0.05, 0) is 54.5 Å². The first kappa shape index (κ1) is 19.6. The number of rotatable bonds is 5. The van der Waals surface area contributed by atoms with E-state index in [0.29, 0.717) is 32.5 Å². The van der Waals surface area contributed by atoms with Crippen molar-refractivity contribution in [1.29, 1.82) is 0 Å². The zero-order valence-electron chi connectivity index (χ0n) is 16.3. The van der Waals surface area contributed by atoms with Crippen LogP contribution < -0.4 is 5.73 Å². The number of carbonyl (C=O) groups is 2. The van der Waals surface area contributed by atoms with Crippen LogP contribution in [0.2, 0.25) is 0 Å². The standard InChI is InChI=1S/C23H25FN2O3/c24-19-8-6-17(7-9-19)18-4-1-3-16(13-18)14-23(22(25)28)10-11-26(15-23)21(27)20-5-2-12-29-20/h1,3-4,6-9,13,20H,2,5,10-12,14-15H2,(H2,25,28)/t20-,23+/m0/s1. The molecule has 0 bridgehead atoms. The monoisotopic (exact) mass is 396 g/mol. The lowest BCUT2D eigenvalue weighted by Crippen LogP contribution is -2.44. The Bertz CT molecular complexity index is 909. The van der Waals surface area contributed by atoms with Crippen molar-refractivity contribution in [2.75, 3.05) is 19.7 Å². The zero-order chi connectivity index (χ0) is 20.4. The molecule has 4 rings (SSSR count). The largest absolute Gasteiger partial charge is 0.369 e. The minimum Gasteiger partial charge on any atom is -0.369 e. The Morgan fingerprint density at radius 1 is 1.17 bits per heavy atom. The Balaban J connectivity index is 1.53. The summed E-state index contributed by atoms with van der Waals surface area (Å²) in [5.74, 6) is -0.697. The van der Waals surface area contributed by atoms with Crippen molar-refractivity contribution < 1.29 is 18.7 Å². The molecule has 0 saturated carbocycles.